The van der Waals surface area contributed by atoms with E-state index in [0.717, 1.165) is 6.42 Å². The third-order valence-corrected chi connectivity index (χ3v) is 3.89. The van der Waals surface area contributed by atoms with E-state index in [1.165, 1.54) is 0 Å². The Morgan fingerprint density at radius 2 is 2.11 bits per heavy atom. The highest BCUT2D eigenvalue weighted by Crippen LogP contribution is 2.20. The zero-order chi connectivity index (χ0) is 20.4. The number of hydrogen-bond donors (Lipinski definition) is 2. The van der Waals surface area contributed by atoms with Crippen molar-refractivity contribution in [3.63, 3.8) is 0 Å². The minimum absolute atomic E-state index is 0.128. The van der Waals surface area contributed by atoms with Crippen molar-refractivity contribution in [2.24, 2.45) is 5.92 Å². The monoisotopic (exact) mass is 388 g/mol. The van der Waals surface area contributed by atoms with Gasteiger partial charge in [-0.15, -0.1) is 10.2 Å². The first kappa shape index (κ1) is 21.6. The number of ether oxygens (including phenoxy) is 2. The fourth-order valence-electron chi connectivity index (χ4n) is 2.41. The molecule has 1 heterocycles. The lowest BCUT2D eigenvalue weighted by atomic mass is 10.2. The molecule has 152 valence electrons. The lowest BCUT2D eigenvalue weighted by Gasteiger charge is -2.09. The Morgan fingerprint density at radius 3 is 2.82 bits per heavy atom. The number of benzene rings is 1. The van der Waals surface area contributed by atoms with Crippen LogP contribution in [0, 0.1) is 5.92 Å². The number of amides is 1. The SMILES string of the molecule is COCCCNC(=O)CCc1nnc(-c2cccc(OCC(C)C)c2)[nH]c1=O. The Bertz CT molecular complexity index is 820. The fraction of sp³-hybridized carbons (Fsp3) is 0.500. The van der Waals surface area contributed by atoms with Crippen LogP contribution in [-0.4, -0.2) is 48.0 Å². The molecule has 2 aromatic rings. The molecule has 2 rings (SSSR count). The van der Waals surface area contributed by atoms with E-state index in [9.17, 15) is 9.59 Å². The van der Waals surface area contributed by atoms with Crippen LogP contribution in [0.2, 0.25) is 0 Å². The average molecular weight is 388 g/mol. The van der Waals surface area contributed by atoms with Crippen molar-refractivity contribution in [1.29, 1.82) is 0 Å². The topological polar surface area (TPSA) is 106 Å². The number of aryl methyl sites for hydroxylation is 1. The van der Waals surface area contributed by atoms with Crippen molar-refractivity contribution in [1.82, 2.24) is 20.5 Å². The minimum atomic E-state index is -0.342. The Balaban J connectivity index is 1.96. The van der Waals surface area contributed by atoms with E-state index in [1.54, 1.807) is 7.11 Å². The van der Waals surface area contributed by atoms with E-state index < -0.39 is 0 Å². The summed E-state index contributed by atoms with van der Waals surface area (Å²) in [4.78, 5) is 26.8. The predicted molar refractivity (Wildman–Crippen MR) is 106 cm³/mol. The molecular formula is C20H28N4O4. The highest BCUT2D eigenvalue weighted by Gasteiger charge is 2.10. The zero-order valence-corrected chi connectivity index (χ0v) is 16.7. The summed E-state index contributed by atoms with van der Waals surface area (Å²) in [6, 6.07) is 7.34. The molecule has 0 aliphatic heterocycles. The largest absolute Gasteiger partial charge is 0.493 e. The van der Waals surface area contributed by atoms with Crippen LogP contribution in [0.5, 0.6) is 5.75 Å². The lowest BCUT2D eigenvalue weighted by Crippen LogP contribution is -2.27. The van der Waals surface area contributed by atoms with Crippen molar-refractivity contribution < 1.29 is 14.3 Å². The first-order valence-corrected chi connectivity index (χ1v) is 9.44. The van der Waals surface area contributed by atoms with Gasteiger partial charge < -0.3 is 19.8 Å². The molecule has 0 aliphatic rings. The molecule has 0 fully saturated rings. The smallest absolute Gasteiger partial charge is 0.273 e. The molecular weight excluding hydrogens is 360 g/mol. The number of hydrogen-bond acceptors (Lipinski definition) is 6. The number of carbonyl (C=O) groups excluding carboxylic acids is 1. The molecule has 0 spiro atoms. The van der Waals surface area contributed by atoms with Crippen LogP contribution in [0.3, 0.4) is 0 Å². The standard InChI is InChI=1S/C20H28N4O4/c1-14(2)13-28-16-7-4-6-15(12-16)19-22-20(26)17(23-24-19)8-9-18(25)21-10-5-11-27-3/h4,6-7,12,14H,5,8-11,13H2,1-3H3,(H,21,25)(H,22,24,26). The molecule has 28 heavy (non-hydrogen) atoms. The molecule has 8 heteroatoms. The van der Waals surface area contributed by atoms with E-state index in [0.29, 0.717) is 42.8 Å². The number of H-pyrrole nitrogens is 1. The number of carbonyl (C=O) groups is 1. The van der Waals surface area contributed by atoms with Gasteiger partial charge in [0.25, 0.3) is 5.56 Å². The van der Waals surface area contributed by atoms with Crippen molar-refractivity contribution >= 4 is 5.91 Å². The van der Waals surface area contributed by atoms with Gasteiger partial charge in [0, 0.05) is 38.7 Å². The normalized spacial score (nSPS) is 10.9. The molecule has 0 bridgehead atoms. The maximum absolute atomic E-state index is 12.3. The first-order valence-electron chi connectivity index (χ1n) is 9.44. The second kappa shape index (κ2) is 11.2. The number of nitrogens with zero attached hydrogens (tertiary/aromatic N) is 2. The third kappa shape index (κ3) is 7.11. The van der Waals surface area contributed by atoms with Crippen molar-refractivity contribution in [2.45, 2.75) is 33.1 Å². The highest BCUT2D eigenvalue weighted by atomic mass is 16.5. The summed E-state index contributed by atoms with van der Waals surface area (Å²) < 4.78 is 10.6. The van der Waals surface area contributed by atoms with Gasteiger partial charge in [0.1, 0.15) is 11.4 Å². The number of aromatic nitrogens is 3. The van der Waals surface area contributed by atoms with Gasteiger partial charge in [0.05, 0.1) is 6.61 Å². The number of aromatic amines is 1. The van der Waals surface area contributed by atoms with E-state index in [4.69, 9.17) is 9.47 Å². The number of nitrogens with one attached hydrogen (secondary N) is 2. The van der Waals surface area contributed by atoms with Gasteiger partial charge in [-0.05, 0) is 24.5 Å². The van der Waals surface area contributed by atoms with E-state index >= 15 is 0 Å². The third-order valence-electron chi connectivity index (χ3n) is 3.89. The maximum atomic E-state index is 12.3. The Hall–Kier alpha value is -2.74. The predicted octanol–water partition coefficient (Wildman–Crippen LogP) is 1.95. The lowest BCUT2D eigenvalue weighted by molar-refractivity contribution is -0.121. The summed E-state index contributed by atoms with van der Waals surface area (Å²) in [6.45, 7) is 5.90. The van der Waals surface area contributed by atoms with E-state index in [1.807, 2.05) is 24.3 Å². The highest BCUT2D eigenvalue weighted by molar-refractivity contribution is 5.76. The Labute approximate surface area is 164 Å². The van der Waals surface area contributed by atoms with Crippen LogP contribution in [0.4, 0.5) is 0 Å². The fourth-order valence-corrected chi connectivity index (χ4v) is 2.41. The molecule has 2 N–H and O–H groups in total. The van der Waals surface area contributed by atoms with Crippen molar-refractivity contribution in [3.8, 4) is 17.1 Å². The van der Waals surface area contributed by atoms with Crippen LogP contribution in [0.1, 0.15) is 32.4 Å². The van der Waals surface area contributed by atoms with Gasteiger partial charge >= 0.3 is 0 Å². The van der Waals surface area contributed by atoms with Crippen LogP contribution in [0.25, 0.3) is 11.4 Å². The first-order chi connectivity index (χ1) is 13.5. The Kier molecular flexibility index (Phi) is 8.61. The summed E-state index contributed by atoms with van der Waals surface area (Å²) in [5, 5.41) is 10.9. The molecule has 0 atom stereocenters. The second-order valence-electron chi connectivity index (χ2n) is 6.88. The summed E-state index contributed by atoms with van der Waals surface area (Å²) in [7, 11) is 1.62. The molecule has 8 nitrogen and oxygen atoms in total. The van der Waals surface area contributed by atoms with Crippen LogP contribution in [-0.2, 0) is 16.0 Å². The summed E-state index contributed by atoms with van der Waals surface area (Å²) in [6.07, 6.45) is 1.16. The van der Waals surface area contributed by atoms with Gasteiger partial charge in [0.15, 0.2) is 5.82 Å². The van der Waals surface area contributed by atoms with Crippen LogP contribution >= 0.6 is 0 Å². The quantitative estimate of drug-likeness (QED) is 0.570. The molecule has 0 saturated heterocycles. The molecule has 0 radical (unpaired) electrons. The van der Waals surface area contributed by atoms with E-state index in [-0.39, 0.29) is 30.0 Å². The van der Waals surface area contributed by atoms with Gasteiger partial charge in [0.2, 0.25) is 5.91 Å². The average Bonchev–Trinajstić information content (AvgIpc) is 2.69. The number of methoxy groups -OCH3 is 1. The summed E-state index contributed by atoms with van der Waals surface area (Å²) in [5.74, 6) is 1.37. The van der Waals surface area contributed by atoms with Gasteiger partial charge in [-0.1, -0.05) is 26.0 Å². The summed E-state index contributed by atoms with van der Waals surface area (Å²) >= 11 is 0. The minimum Gasteiger partial charge on any atom is -0.493 e. The molecule has 1 aromatic heterocycles. The second-order valence-corrected chi connectivity index (χ2v) is 6.88. The van der Waals surface area contributed by atoms with Crippen molar-refractivity contribution in [2.75, 3.05) is 26.9 Å². The number of rotatable bonds is 11. The molecule has 0 aliphatic carbocycles. The molecule has 1 aromatic carbocycles. The van der Waals surface area contributed by atoms with Gasteiger partial charge in [-0.3, -0.25) is 9.59 Å². The molecule has 0 saturated carbocycles. The van der Waals surface area contributed by atoms with Crippen LogP contribution in [0.15, 0.2) is 29.1 Å². The Morgan fingerprint density at radius 1 is 1.29 bits per heavy atom. The zero-order valence-electron chi connectivity index (χ0n) is 16.7. The van der Waals surface area contributed by atoms with Crippen LogP contribution < -0.4 is 15.6 Å². The maximum Gasteiger partial charge on any atom is 0.273 e. The molecule has 0 unspecified atom stereocenters. The molecule has 1 amide bonds. The summed E-state index contributed by atoms with van der Waals surface area (Å²) in [5.41, 5.74) is 0.613. The van der Waals surface area contributed by atoms with Crippen molar-refractivity contribution in [3.05, 3.63) is 40.3 Å². The van der Waals surface area contributed by atoms with Gasteiger partial charge in [-0.25, -0.2) is 0 Å². The van der Waals surface area contributed by atoms with E-state index in [2.05, 4.69) is 34.3 Å². The van der Waals surface area contributed by atoms with Gasteiger partial charge in [-0.2, -0.15) is 0 Å².